The first-order valence-electron chi connectivity index (χ1n) is 6.45. The molecule has 1 heterocycles. The highest BCUT2D eigenvalue weighted by Crippen LogP contribution is 2.26. The second-order valence-corrected chi connectivity index (χ2v) is 4.54. The number of carbonyl (C=O) groups excluding carboxylic acids is 1. The second kappa shape index (κ2) is 5.36. The van der Waals surface area contributed by atoms with E-state index in [1.54, 1.807) is 30.3 Å². The molecule has 0 saturated carbocycles. The lowest BCUT2D eigenvalue weighted by molar-refractivity contribution is 0.0601. The molecule has 0 spiro atoms. The van der Waals surface area contributed by atoms with E-state index < -0.39 is 5.97 Å². The largest absolute Gasteiger partial charge is 0.506 e. The molecule has 0 aliphatic carbocycles. The van der Waals surface area contributed by atoms with Gasteiger partial charge in [-0.25, -0.2) is 4.79 Å². The van der Waals surface area contributed by atoms with E-state index in [1.165, 1.54) is 25.1 Å². The van der Waals surface area contributed by atoms with E-state index in [-0.39, 0.29) is 5.75 Å². The normalized spacial score (nSPS) is 10.6. The zero-order valence-corrected chi connectivity index (χ0v) is 12.0. The number of phenolic OH excluding ortho intramolecular Hbond substituents is 1. The average molecular weight is 299 g/mol. The fraction of sp³-hybridized carbons (Fsp3) is 0.133. The van der Waals surface area contributed by atoms with Crippen molar-refractivity contribution in [3.63, 3.8) is 0 Å². The van der Waals surface area contributed by atoms with E-state index in [1.807, 2.05) is 0 Å². The van der Waals surface area contributed by atoms with Crippen molar-refractivity contribution in [3.8, 4) is 17.2 Å². The summed E-state index contributed by atoms with van der Waals surface area (Å²) in [7, 11) is 2.85. The Hall–Kier alpha value is -3.09. The fourth-order valence-corrected chi connectivity index (χ4v) is 2.06. The number of benzene rings is 2. The van der Waals surface area contributed by atoms with E-state index in [0.717, 1.165) is 0 Å². The number of ether oxygens (including phenoxy) is 2. The van der Waals surface area contributed by atoms with Gasteiger partial charge in [0, 0.05) is 6.07 Å². The highest BCUT2D eigenvalue weighted by Gasteiger charge is 2.12. The summed E-state index contributed by atoms with van der Waals surface area (Å²) < 4.78 is 9.80. The zero-order chi connectivity index (χ0) is 15.7. The molecule has 0 aliphatic rings. The number of nitrogens with zero attached hydrogens (tertiary/aromatic N) is 3. The fourth-order valence-electron chi connectivity index (χ4n) is 2.06. The van der Waals surface area contributed by atoms with Crippen LogP contribution in [0.3, 0.4) is 0 Å². The van der Waals surface area contributed by atoms with Crippen LogP contribution in [0.2, 0.25) is 0 Å². The van der Waals surface area contributed by atoms with Crippen LogP contribution in [0, 0.1) is 0 Å². The summed E-state index contributed by atoms with van der Waals surface area (Å²) in [5.41, 5.74) is 1.88. The molecule has 1 N–H and O–H groups in total. The predicted molar refractivity (Wildman–Crippen MR) is 78.4 cm³/mol. The average Bonchev–Trinajstić information content (AvgIpc) is 2.97. The van der Waals surface area contributed by atoms with Gasteiger partial charge in [0.25, 0.3) is 0 Å². The van der Waals surface area contributed by atoms with Gasteiger partial charge in [-0.05, 0) is 30.3 Å². The predicted octanol–water partition coefficient (Wildman–Crippen LogP) is 1.92. The molecule has 3 rings (SSSR count). The van der Waals surface area contributed by atoms with Crippen LogP contribution in [0.4, 0.5) is 0 Å². The summed E-state index contributed by atoms with van der Waals surface area (Å²) in [6.07, 6.45) is 0. The van der Waals surface area contributed by atoms with Crippen LogP contribution >= 0.6 is 0 Å². The molecule has 0 amide bonds. The van der Waals surface area contributed by atoms with Crippen LogP contribution < -0.4 is 4.74 Å². The van der Waals surface area contributed by atoms with Crippen LogP contribution in [-0.4, -0.2) is 40.3 Å². The van der Waals surface area contributed by atoms with Crippen LogP contribution in [0.5, 0.6) is 11.5 Å². The zero-order valence-electron chi connectivity index (χ0n) is 12.0. The molecule has 112 valence electrons. The maximum absolute atomic E-state index is 11.5. The lowest BCUT2D eigenvalue weighted by Gasteiger charge is -2.05. The smallest absolute Gasteiger partial charge is 0.337 e. The number of phenols is 1. The van der Waals surface area contributed by atoms with E-state index in [2.05, 4.69) is 14.9 Å². The van der Waals surface area contributed by atoms with E-state index in [4.69, 9.17) is 4.74 Å². The Kier molecular flexibility index (Phi) is 3.38. The van der Waals surface area contributed by atoms with Gasteiger partial charge in [-0.15, -0.1) is 15.0 Å². The molecule has 0 aliphatic heterocycles. The maximum Gasteiger partial charge on any atom is 0.337 e. The molecule has 0 unspecified atom stereocenters. The standard InChI is InChI=1S/C15H13N3O4/c1-21-10-4-6-14(19)13(8-10)18-16-11-5-3-9(15(20)22-2)7-12(11)17-18/h3-8,19H,1-2H3. The van der Waals surface area contributed by atoms with Gasteiger partial charge >= 0.3 is 5.97 Å². The molecule has 0 atom stereocenters. The molecule has 2 aromatic carbocycles. The Balaban J connectivity index is 2.11. The minimum absolute atomic E-state index is 0.0225. The summed E-state index contributed by atoms with van der Waals surface area (Å²) in [5.74, 6) is 0.152. The number of carbonyl (C=O) groups is 1. The third-order valence-corrected chi connectivity index (χ3v) is 3.20. The Morgan fingerprint density at radius 1 is 1.09 bits per heavy atom. The molecule has 22 heavy (non-hydrogen) atoms. The van der Waals surface area contributed by atoms with Gasteiger partial charge in [-0.3, -0.25) is 0 Å². The molecular weight excluding hydrogens is 286 g/mol. The number of aromatic hydroxyl groups is 1. The molecular formula is C15H13N3O4. The van der Waals surface area contributed by atoms with Crippen molar-refractivity contribution in [1.29, 1.82) is 0 Å². The maximum atomic E-state index is 11.5. The minimum Gasteiger partial charge on any atom is -0.506 e. The Bertz CT molecular complexity index is 857. The number of hydrogen-bond acceptors (Lipinski definition) is 6. The van der Waals surface area contributed by atoms with Crippen molar-refractivity contribution in [2.45, 2.75) is 0 Å². The molecule has 0 radical (unpaired) electrons. The van der Waals surface area contributed by atoms with Gasteiger partial charge in [-0.2, -0.15) is 0 Å². The Labute approximate surface area is 125 Å². The number of rotatable bonds is 3. The van der Waals surface area contributed by atoms with E-state index >= 15 is 0 Å². The number of methoxy groups -OCH3 is 2. The molecule has 7 heteroatoms. The number of hydrogen-bond donors (Lipinski definition) is 1. The minimum atomic E-state index is -0.444. The SMILES string of the molecule is COC(=O)c1ccc2nn(-c3cc(OC)ccc3O)nc2c1. The lowest BCUT2D eigenvalue weighted by atomic mass is 10.2. The van der Waals surface area contributed by atoms with Crippen molar-refractivity contribution in [1.82, 2.24) is 15.0 Å². The number of esters is 1. The summed E-state index contributed by atoms with van der Waals surface area (Å²) in [5, 5.41) is 18.5. The van der Waals surface area contributed by atoms with E-state index in [0.29, 0.717) is 28.0 Å². The molecule has 7 nitrogen and oxygen atoms in total. The van der Waals surface area contributed by atoms with Crippen molar-refractivity contribution >= 4 is 17.0 Å². The third kappa shape index (κ3) is 2.32. The van der Waals surface area contributed by atoms with Crippen molar-refractivity contribution in [2.75, 3.05) is 14.2 Å². The molecule has 0 fully saturated rings. The lowest BCUT2D eigenvalue weighted by Crippen LogP contribution is -2.00. The molecule has 3 aromatic rings. The first-order chi connectivity index (χ1) is 10.6. The topological polar surface area (TPSA) is 86.5 Å². The van der Waals surface area contributed by atoms with Crippen LogP contribution in [0.1, 0.15) is 10.4 Å². The third-order valence-electron chi connectivity index (χ3n) is 3.20. The Morgan fingerprint density at radius 2 is 1.86 bits per heavy atom. The summed E-state index contributed by atoms with van der Waals surface area (Å²) in [6.45, 7) is 0. The van der Waals surface area contributed by atoms with Gasteiger partial charge in [-0.1, -0.05) is 0 Å². The van der Waals surface area contributed by atoms with Gasteiger partial charge in [0.15, 0.2) is 0 Å². The van der Waals surface area contributed by atoms with Gasteiger partial charge < -0.3 is 14.6 Å². The molecule has 0 bridgehead atoms. The summed E-state index contributed by atoms with van der Waals surface area (Å²) >= 11 is 0. The Morgan fingerprint density at radius 3 is 2.59 bits per heavy atom. The van der Waals surface area contributed by atoms with Crippen LogP contribution in [-0.2, 0) is 4.74 Å². The second-order valence-electron chi connectivity index (χ2n) is 4.54. The van der Waals surface area contributed by atoms with Gasteiger partial charge in [0.05, 0.1) is 19.8 Å². The van der Waals surface area contributed by atoms with Crippen molar-refractivity contribution in [2.24, 2.45) is 0 Å². The van der Waals surface area contributed by atoms with E-state index in [9.17, 15) is 9.90 Å². The summed E-state index contributed by atoms with van der Waals surface area (Å²) in [6, 6.07) is 9.62. The monoisotopic (exact) mass is 299 g/mol. The molecule has 0 saturated heterocycles. The van der Waals surface area contributed by atoms with Crippen LogP contribution in [0.25, 0.3) is 16.7 Å². The van der Waals surface area contributed by atoms with Crippen molar-refractivity contribution in [3.05, 3.63) is 42.0 Å². The number of aromatic nitrogens is 3. The first-order valence-corrected chi connectivity index (χ1v) is 6.45. The quantitative estimate of drug-likeness (QED) is 0.744. The van der Waals surface area contributed by atoms with Crippen molar-refractivity contribution < 1.29 is 19.4 Å². The molecule has 1 aromatic heterocycles. The highest BCUT2D eigenvalue weighted by molar-refractivity contribution is 5.93. The van der Waals surface area contributed by atoms with Gasteiger partial charge in [0.1, 0.15) is 28.2 Å². The van der Waals surface area contributed by atoms with Gasteiger partial charge in [0.2, 0.25) is 0 Å². The number of fused-ring (bicyclic) bond motifs is 1. The van der Waals surface area contributed by atoms with Crippen LogP contribution in [0.15, 0.2) is 36.4 Å². The first kappa shape index (κ1) is 13.9. The highest BCUT2D eigenvalue weighted by atomic mass is 16.5. The summed E-state index contributed by atoms with van der Waals surface area (Å²) in [4.78, 5) is 12.8.